The molecule has 0 amide bonds. The van der Waals surface area contributed by atoms with Crippen molar-refractivity contribution in [3.05, 3.63) is 99.8 Å². The first kappa shape index (κ1) is 19.4. The number of nitrogens with one attached hydrogen (secondary N) is 1. The maximum atomic E-state index is 4.64. The van der Waals surface area contributed by atoms with Crippen LogP contribution in [-0.4, -0.2) is 15.0 Å². The van der Waals surface area contributed by atoms with Crippen LogP contribution in [0.5, 0.6) is 0 Å². The molecule has 146 valence electrons. The fraction of sp³-hybridized carbons (Fsp3) is 0.208. The largest absolute Gasteiger partial charge is 0.304 e. The molecule has 0 aliphatic heterocycles. The zero-order valence-electron chi connectivity index (χ0n) is 16.7. The Morgan fingerprint density at radius 1 is 0.897 bits per heavy atom. The number of hydrogen-bond donors (Lipinski definition) is 1. The Balaban J connectivity index is 1.48. The molecule has 5 heteroatoms. The number of aryl methyl sites for hydroxylation is 2. The third kappa shape index (κ3) is 4.94. The van der Waals surface area contributed by atoms with E-state index >= 15 is 0 Å². The van der Waals surface area contributed by atoms with Gasteiger partial charge in [-0.25, -0.2) is 9.97 Å². The number of nitrogens with zero attached hydrogens (tertiary/aromatic N) is 3. The second-order valence-electron chi connectivity index (χ2n) is 7.26. The average Bonchev–Trinajstić information content (AvgIpc) is 3.26. The highest BCUT2D eigenvalue weighted by molar-refractivity contribution is 7.07. The highest BCUT2D eigenvalue weighted by Gasteiger charge is 2.14. The van der Waals surface area contributed by atoms with E-state index in [1.165, 1.54) is 16.7 Å². The van der Waals surface area contributed by atoms with Crippen LogP contribution in [0.2, 0.25) is 0 Å². The van der Waals surface area contributed by atoms with Gasteiger partial charge in [0.15, 0.2) is 5.82 Å². The Hall–Kier alpha value is -2.89. The average molecular weight is 401 g/mol. The monoisotopic (exact) mass is 400 g/mol. The van der Waals surface area contributed by atoms with Gasteiger partial charge in [0.1, 0.15) is 0 Å². The lowest BCUT2D eigenvalue weighted by Crippen LogP contribution is -2.24. The number of aromatic nitrogens is 3. The van der Waals surface area contributed by atoms with Crippen molar-refractivity contribution in [2.45, 2.75) is 32.9 Å². The van der Waals surface area contributed by atoms with E-state index in [0.29, 0.717) is 6.54 Å². The summed E-state index contributed by atoms with van der Waals surface area (Å²) in [7, 11) is 0. The quantitative estimate of drug-likeness (QED) is 0.458. The van der Waals surface area contributed by atoms with Crippen LogP contribution in [0, 0.1) is 13.8 Å². The normalized spacial score (nSPS) is 12.1. The van der Waals surface area contributed by atoms with Gasteiger partial charge in [0, 0.05) is 36.3 Å². The molecule has 3 aromatic heterocycles. The lowest BCUT2D eigenvalue weighted by Gasteiger charge is -2.18. The van der Waals surface area contributed by atoms with Crippen LogP contribution < -0.4 is 5.32 Å². The standard InChI is InChI=1S/C24H24N4S/c1-17-7-8-22(25-12-17)23(11-19-9-10-29-16-19)26-13-20-14-27-24(28-15-20)21-6-4-3-5-18(21)2/h3-10,12,14-16,23,26H,11,13H2,1-2H3/t23-/m1/s1. The molecule has 0 saturated heterocycles. The van der Waals surface area contributed by atoms with Gasteiger partial charge in [0.2, 0.25) is 0 Å². The molecule has 0 saturated carbocycles. The minimum atomic E-state index is 0.140. The third-order valence-corrected chi connectivity index (χ3v) is 5.69. The van der Waals surface area contributed by atoms with Crippen molar-refractivity contribution in [1.29, 1.82) is 0 Å². The van der Waals surface area contributed by atoms with E-state index in [1.54, 1.807) is 11.3 Å². The first-order chi connectivity index (χ1) is 14.2. The third-order valence-electron chi connectivity index (χ3n) is 4.96. The zero-order valence-corrected chi connectivity index (χ0v) is 17.5. The molecule has 29 heavy (non-hydrogen) atoms. The summed E-state index contributed by atoms with van der Waals surface area (Å²) >= 11 is 1.73. The van der Waals surface area contributed by atoms with Gasteiger partial charge in [0.25, 0.3) is 0 Å². The molecule has 0 bridgehead atoms. The van der Waals surface area contributed by atoms with Crippen molar-refractivity contribution in [1.82, 2.24) is 20.3 Å². The molecule has 4 rings (SSSR count). The predicted molar refractivity (Wildman–Crippen MR) is 119 cm³/mol. The predicted octanol–water partition coefficient (Wildman–Crippen LogP) is 5.29. The topological polar surface area (TPSA) is 50.7 Å². The van der Waals surface area contributed by atoms with Crippen LogP contribution in [0.25, 0.3) is 11.4 Å². The molecule has 0 aliphatic rings. The second-order valence-corrected chi connectivity index (χ2v) is 8.04. The maximum absolute atomic E-state index is 4.64. The molecule has 4 aromatic rings. The minimum Gasteiger partial charge on any atom is -0.304 e. The Morgan fingerprint density at radius 3 is 2.41 bits per heavy atom. The lowest BCUT2D eigenvalue weighted by atomic mass is 10.0. The van der Waals surface area contributed by atoms with Gasteiger partial charge in [0.05, 0.1) is 11.7 Å². The number of benzene rings is 1. The molecule has 1 atom stereocenters. The van der Waals surface area contributed by atoms with Crippen molar-refractivity contribution in [3.8, 4) is 11.4 Å². The van der Waals surface area contributed by atoms with Crippen LogP contribution >= 0.6 is 11.3 Å². The second kappa shape index (κ2) is 9.07. The van der Waals surface area contributed by atoms with Crippen LogP contribution in [0.3, 0.4) is 0 Å². The molecule has 1 N–H and O–H groups in total. The number of thiophene rings is 1. The molecule has 0 radical (unpaired) electrons. The Kier molecular flexibility index (Phi) is 6.08. The molecule has 0 spiro atoms. The van der Waals surface area contributed by atoms with E-state index in [4.69, 9.17) is 0 Å². The Morgan fingerprint density at radius 2 is 1.72 bits per heavy atom. The van der Waals surface area contributed by atoms with Crippen molar-refractivity contribution >= 4 is 11.3 Å². The van der Waals surface area contributed by atoms with Crippen molar-refractivity contribution in [2.24, 2.45) is 0 Å². The van der Waals surface area contributed by atoms with Gasteiger partial charge in [-0.05, 0) is 59.9 Å². The minimum absolute atomic E-state index is 0.140. The van der Waals surface area contributed by atoms with Crippen molar-refractivity contribution in [2.75, 3.05) is 0 Å². The first-order valence-electron chi connectivity index (χ1n) is 9.73. The van der Waals surface area contributed by atoms with E-state index in [-0.39, 0.29) is 6.04 Å². The molecule has 0 aliphatic carbocycles. The summed E-state index contributed by atoms with van der Waals surface area (Å²) < 4.78 is 0. The smallest absolute Gasteiger partial charge is 0.159 e. The molecular weight excluding hydrogens is 376 g/mol. The molecule has 0 fully saturated rings. The first-order valence-corrected chi connectivity index (χ1v) is 10.7. The van der Waals surface area contributed by atoms with Gasteiger partial charge >= 0.3 is 0 Å². The van der Waals surface area contributed by atoms with Crippen LogP contribution in [0.1, 0.15) is 34.0 Å². The summed E-state index contributed by atoms with van der Waals surface area (Å²) in [5, 5.41) is 7.96. The maximum Gasteiger partial charge on any atom is 0.159 e. The van der Waals surface area contributed by atoms with Crippen LogP contribution in [0.15, 0.2) is 71.8 Å². The fourth-order valence-corrected chi connectivity index (χ4v) is 3.94. The van der Waals surface area contributed by atoms with E-state index in [0.717, 1.165) is 29.1 Å². The molecule has 1 aromatic carbocycles. The Bertz CT molecular complexity index is 1040. The fourth-order valence-electron chi connectivity index (χ4n) is 3.26. The summed E-state index contributed by atoms with van der Waals surface area (Å²) in [6, 6.07) is 14.7. The van der Waals surface area contributed by atoms with Gasteiger partial charge in [-0.1, -0.05) is 30.3 Å². The Labute approximate surface area is 175 Å². The lowest BCUT2D eigenvalue weighted by molar-refractivity contribution is 0.517. The van der Waals surface area contributed by atoms with Crippen LogP contribution in [0.4, 0.5) is 0 Å². The highest BCUT2D eigenvalue weighted by atomic mass is 32.1. The zero-order chi connectivity index (χ0) is 20.1. The van der Waals surface area contributed by atoms with Gasteiger partial charge in [-0.15, -0.1) is 0 Å². The van der Waals surface area contributed by atoms with Gasteiger partial charge in [-0.2, -0.15) is 11.3 Å². The molecule has 3 heterocycles. The summed E-state index contributed by atoms with van der Waals surface area (Å²) in [4.78, 5) is 13.8. The van der Waals surface area contributed by atoms with Crippen molar-refractivity contribution in [3.63, 3.8) is 0 Å². The summed E-state index contributed by atoms with van der Waals surface area (Å²) in [5.41, 5.74) is 6.86. The van der Waals surface area contributed by atoms with E-state index in [2.05, 4.69) is 75.2 Å². The van der Waals surface area contributed by atoms with Crippen LogP contribution in [-0.2, 0) is 13.0 Å². The van der Waals surface area contributed by atoms with E-state index < -0.39 is 0 Å². The highest BCUT2D eigenvalue weighted by Crippen LogP contribution is 2.21. The van der Waals surface area contributed by atoms with Gasteiger partial charge in [-0.3, -0.25) is 4.98 Å². The molecule has 4 nitrogen and oxygen atoms in total. The molecular formula is C24H24N4S. The number of rotatable bonds is 7. The summed E-state index contributed by atoms with van der Waals surface area (Å²) in [6.07, 6.45) is 6.65. The van der Waals surface area contributed by atoms with Gasteiger partial charge < -0.3 is 5.32 Å². The summed E-state index contributed by atoms with van der Waals surface area (Å²) in [6.45, 7) is 4.83. The SMILES string of the molecule is Cc1ccc([C@@H](Cc2ccsc2)NCc2cnc(-c3ccccc3C)nc2)nc1. The number of hydrogen-bond acceptors (Lipinski definition) is 5. The summed E-state index contributed by atoms with van der Waals surface area (Å²) in [5.74, 6) is 0.766. The molecule has 0 unspecified atom stereocenters. The van der Waals surface area contributed by atoms with E-state index in [1.807, 2.05) is 30.7 Å². The number of pyridine rings is 1. The van der Waals surface area contributed by atoms with Crippen molar-refractivity contribution < 1.29 is 0 Å². The van der Waals surface area contributed by atoms with E-state index in [9.17, 15) is 0 Å².